The lowest BCUT2D eigenvalue weighted by atomic mass is 10.1. The molecule has 0 spiro atoms. The first kappa shape index (κ1) is 12.8. The van der Waals surface area contributed by atoms with Crippen molar-refractivity contribution < 1.29 is 4.79 Å². The van der Waals surface area contributed by atoms with Gasteiger partial charge in [0.15, 0.2) is 5.78 Å². The molecule has 0 saturated heterocycles. The fraction of sp³-hybridized carbons (Fsp3) is 0.143. The lowest BCUT2D eigenvalue weighted by molar-refractivity contribution is 0.104. The number of carbonyl (C=O) groups is 1. The summed E-state index contributed by atoms with van der Waals surface area (Å²) in [5.74, 6) is -0.0312. The number of hydrogen-bond donors (Lipinski definition) is 0. The summed E-state index contributed by atoms with van der Waals surface area (Å²) in [6, 6.07) is 7.77. The SMILES string of the molecule is Cc1c(C(=O)/C=C/c2ccccc2Br)cnn1C. The van der Waals surface area contributed by atoms with E-state index in [1.54, 1.807) is 23.0 Å². The van der Waals surface area contributed by atoms with E-state index in [9.17, 15) is 4.79 Å². The molecule has 0 radical (unpaired) electrons. The van der Waals surface area contributed by atoms with Gasteiger partial charge in [-0.1, -0.05) is 34.1 Å². The lowest BCUT2D eigenvalue weighted by Gasteiger charge is -1.97. The molecule has 1 aromatic heterocycles. The van der Waals surface area contributed by atoms with Crippen LogP contribution >= 0.6 is 15.9 Å². The van der Waals surface area contributed by atoms with Crippen molar-refractivity contribution >= 4 is 27.8 Å². The minimum absolute atomic E-state index is 0.0312. The molecule has 0 bridgehead atoms. The zero-order chi connectivity index (χ0) is 13.1. The van der Waals surface area contributed by atoms with Crippen molar-refractivity contribution in [1.29, 1.82) is 0 Å². The van der Waals surface area contributed by atoms with Gasteiger partial charge in [-0.25, -0.2) is 0 Å². The van der Waals surface area contributed by atoms with Crippen molar-refractivity contribution in [3.05, 3.63) is 57.8 Å². The Balaban J connectivity index is 2.22. The minimum atomic E-state index is -0.0312. The van der Waals surface area contributed by atoms with Crippen LogP contribution in [0.3, 0.4) is 0 Å². The number of aromatic nitrogens is 2. The molecule has 1 heterocycles. The van der Waals surface area contributed by atoms with E-state index in [0.29, 0.717) is 5.56 Å². The average Bonchev–Trinajstić information content (AvgIpc) is 2.69. The average molecular weight is 305 g/mol. The third-order valence-electron chi connectivity index (χ3n) is 2.82. The second kappa shape index (κ2) is 5.31. The van der Waals surface area contributed by atoms with Crippen LogP contribution in [-0.4, -0.2) is 15.6 Å². The predicted octanol–water partition coefficient (Wildman–Crippen LogP) is 3.39. The molecule has 0 aliphatic carbocycles. The van der Waals surface area contributed by atoms with Gasteiger partial charge in [0.25, 0.3) is 0 Å². The zero-order valence-electron chi connectivity index (χ0n) is 10.2. The van der Waals surface area contributed by atoms with Crippen LogP contribution < -0.4 is 0 Å². The molecule has 0 saturated carbocycles. The third-order valence-corrected chi connectivity index (χ3v) is 3.54. The Morgan fingerprint density at radius 2 is 2.11 bits per heavy atom. The van der Waals surface area contributed by atoms with Crippen LogP contribution in [0, 0.1) is 6.92 Å². The Kier molecular flexibility index (Phi) is 3.77. The molecule has 18 heavy (non-hydrogen) atoms. The van der Waals surface area contributed by atoms with Crippen molar-refractivity contribution in [3.63, 3.8) is 0 Å². The Hall–Kier alpha value is -1.68. The van der Waals surface area contributed by atoms with Gasteiger partial charge in [-0.3, -0.25) is 9.48 Å². The molecule has 0 aliphatic heterocycles. The summed E-state index contributed by atoms with van der Waals surface area (Å²) >= 11 is 3.44. The highest BCUT2D eigenvalue weighted by atomic mass is 79.9. The first-order valence-electron chi connectivity index (χ1n) is 5.55. The highest BCUT2D eigenvalue weighted by Gasteiger charge is 2.09. The molecule has 4 heteroatoms. The number of carbonyl (C=O) groups excluding carboxylic acids is 1. The van der Waals surface area contributed by atoms with Gasteiger partial charge in [0, 0.05) is 17.2 Å². The number of benzene rings is 1. The van der Waals surface area contributed by atoms with Gasteiger partial charge in [-0.2, -0.15) is 5.10 Å². The van der Waals surface area contributed by atoms with E-state index >= 15 is 0 Å². The highest BCUT2D eigenvalue weighted by molar-refractivity contribution is 9.10. The van der Waals surface area contributed by atoms with Gasteiger partial charge in [0.05, 0.1) is 11.8 Å². The molecule has 0 aliphatic rings. The molecule has 0 fully saturated rings. The van der Waals surface area contributed by atoms with E-state index in [-0.39, 0.29) is 5.78 Å². The van der Waals surface area contributed by atoms with E-state index in [1.807, 2.05) is 38.2 Å². The molecule has 0 N–H and O–H groups in total. The molecular weight excluding hydrogens is 292 g/mol. The summed E-state index contributed by atoms with van der Waals surface area (Å²) in [4.78, 5) is 12.0. The summed E-state index contributed by atoms with van der Waals surface area (Å²) in [6.07, 6.45) is 4.98. The van der Waals surface area contributed by atoms with Crippen molar-refractivity contribution in [1.82, 2.24) is 9.78 Å². The molecule has 0 atom stereocenters. The number of hydrogen-bond acceptors (Lipinski definition) is 2. The maximum Gasteiger partial charge on any atom is 0.189 e. The first-order valence-corrected chi connectivity index (χ1v) is 6.34. The fourth-order valence-electron chi connectivity index (χ4n) is 1.61. The van der Waals surface area contributed by atoms with Crippen molar-refractivity contribution in [2.75, 3.05) is 0 Å². The van der Waals surface area contributed by atoms with Gasteiger partial charge >= 0.3 is 0 Å². The zero-order valence-corrected chi connectivity index (χ0v) is 11.8. The van der Waals surface area contributed by atoms with E-state index in [0.717, 1.165) is 15.7 Å². The quantitative estimate of drug-likeness (QED) is 0.643. The van der Waals surface area contributed by atoms with E-state index in [4.69, 9.17) is 0 Å². The summed E-state index contributed by atoms with van der Waals surface area (Å²) in [6.45, 7) is 1.88. The molecule has 2 aromatic rings. The lowest BCUT2D eigenvalue weighted by Crippen LogP contribution is -1.98. The normalized spacial score (nSPS) is 11.1. The van der Waals surface area contributed by atoms with Gasteiger partial charge in [-0.05, 0) is 30.7 Å². The minimum Gasteiger partial charge on any atom is -0.289 e. The number of aryl methyl sites for hydroxylation is 1. The van der Waals surface area contributed by atoms with Gasteiger partial charge < -0.3 is 0 Å². The van der Waals surface area contributed by atoms with Gasteiger partial charge in [0.2, 0.25) is 0 Å². The first-order chi connectivity index (χ1) is 8.59. The topological polar surface area (TPSA) is 34.9 Å². The monoisotopic (exact) mass is 304 g/mol. The summed E-state index contributed by atoms with van der Waals surface area (Å²) in [7, 11) is 1.82. The van der Waals surface area contributed by atoms with Crippen LogP contribution in [0.4, 0.5) is 0 Å². The summed E-state index contributed by atoms with van der Waals surface area (Å²) < 4.78 is 2.66. The Bertz CT molecular complexity index is 614. The van der Waals surface area contributed by atoms with Crippen LogP contribution in [0.15, 0.2) is 41.0 Å². The summed E-state index contributed by atoms with van der Waals surface area (Å²) in [5, 5.41) is 4.06. The van der Waals surface area contributed by atoms with Gasteiger partial charge in [-0.15, -0.1) is 0 Å². The van der Waals surface area contributed by atoms with Crippen LogP contribution in [0.5, 0.6) is 0 Å². The van der Waals surface area contributed by atoms with Crippen molar-refractivity contribution in [2.24, 2.45) is 7.05 Å². The van der Waals surface area contributed by atoms with Crippen LogP contribution in [-0.2, 0) is 7.05 Å². The number of nitrogens with zero attached hydrogens (tertiary/aromatic N) is 2. The molecular formula is C14H13BrN2O. The molecule has 92 valence electrons. The standard InChI is InChI=1S/C14H13BrN2O/c1-10-12(9-16-17(10)2)14(18)8-7-11-5-3-4-6-13(11)15/h3-9H,1-2H3/b8-7+. The maximum atomic E-state index is 12.0. The number of rotatable bonds is 3. The molecule has 3 nitrogen and oxygen atoms in total. The second-order valence-corrected chi connectivity index (χ2v) is 4.84. The Labute approximate surface area is 114 Å². The number of allylic oxidation sites excluding steroid dienone is 1. The predicted molar refractivity (Wildman–Crippen MR) is 75.5 cm³/mol. The smallest absolute Gasteiger partial charge is 0.189 e. The summed E-state index contributed by atoms with van der Waals surface area (Å²) in [5.41, 5.74) is 2.49. The van der Waals surface area contributed by atoms with Gasteiger partial charge in [0.1, 0.15) is 0 Å². The van der Waals surface area contributed by atoms with Crippen LogP contribution in [0.25, 0.3) is 6.08 Å². The molecule has 0 amide bonds. The van der Waals surface area contributed by atoms with E-state index in [1.165, 1.54) is 0 Å². The van der Waals surface area contributed by atoms with E-state index < -0.39 is 0 Å². The third kappa shape index (κ3) is 2.59. The number of ketones is 1. The molecule has 0 unspecified atom stereocenters. The second-order valence-electron chi connectivity index (χ2n) is 3.99. The highest BCUT2D eigenvalue weighted by Crippen LogP contribution is 2.17. The molecule has 1 aromatic carbocycles. The van der Waals surface area contributed by atoms with Crippen molar-refractivity contribution in [2.45, 2.75) is 6.92 Å². The van der Waals surface area contributed by atoms with Crippen LogP contribution in [0.2, 0.25) is 0 Å². The Morgan fingerprint density at radius 1 is 1.39 bits per heavy atom. The van der Waals surface area contributed by atoms with Crippen molar-refractivity contribution in [3.8, 4) is 0 Å². The Morgan fingerprint density at radius 3 is 2.72 bits per heavy atom. The largest absolute Gasteiger partial charge is 0.289 e. The number of halogens is 1. The molecule has 2 rings (SSSR count). The van der Waals surface area contributed by atoms with E-state index in [2.05, 4.69) is 21.0 Å². The van der Waals surface area contributed by atoms with Crippen LogP contribution in [0.1, 0.15) is 21.6 Å². The fourth-order valence-corrected chi connectivity index (χ4v) is 2.02. The maximum absolute atomic E-state index is 12.0.